The first-order chi connectivity index (χ1) is 9.61. The average molecular weight is 288 g/mol. The summed E-state index contributed by atoms with van der Waals surface area (Å²) in [5, 5.41) is 0.781. The largest absolute Gasteiger partial charge is 0.330 e. The molecule has 2 aromatic carbocycles. The van der Waals surface area contributed by atoms with Crippen LogP contribution < -0.4 is 5.73 Å². The lowest BCUT2D eigenvalue weighted by molar-refractivity contribution is 0.725. The van der Waals surface area contributed by atoms with Crippen LogP contribution in [0.2, 0.25) is 5.02 Å². The highest BCUT2D eigenvalue weighted by molar-refractivity contribution is 6.30. The van der Waals surface area contributed by atoms with Crippen LogP contribution in [0, 0.1) is 0 Å². The van der Waals surface area contributed by atoms with Gasteiger partial charge in [-0.25, -0.2) is 0 Å². The summed E-state index contributed by atoms with van der Waals surface area (Å²) in [6.45, 7) is 5.09. The molecule has 2 aromatic rings. The first kappa shape index (κ1) is 15.1. The number of benzene rings is 2. The highest BCUT2D eigenvalue weighted by Crippen LogP contribution is 2.30. The Kier molecular flexibility index (Phi) is 5.22. The van der Waals surface area contributed by atoms with Crippen molar-refractivity contribution in [2.75, 3.05) is 6.54 Å². The van der Waals surface area contributed by atoms with Gasteiger partial charge in [-0.2, -0.15) is 0 Å². The van der Waals surface area contributed by atoms with Gasteiger partial charge in [-0.05, 0) is 47.7 Å². The van der Waals surface area contributed by atoms with E-state index < -0.39 is 0 Å². The quantitative estimate of drug-likeness (QED) is 0.828. The second-order valence-electron chi connectivity index (χ2n) is 5.51. The highest BCUT2D eigenvalue weighted by Gasteiger charge is 2.14. The minimum atomic E-state index is 0.319. The summed E-state index contributed by atoms with van der Waals surface area (Å²) in [5.74, 6) is 0.878. The minimum Gasteiger partial charge on any atom is -0.330 e. The molecule has 1 unspecified atom stereocenters. The molecule has 106 valence electrons. The van der Waals surface area contributed by atoms with Crippen molar-refractivity contribution < 1.29 is 0 Å². The van der Waals surface area contributed by atoms with Crippen LogP contribution in [0.15, 0.2) is 48.5 Å². The standard InChI is InChI=1S/C18H22ClN/c1-13(2)14-6-8-15(9-7-14)18(10-11-20)16-4-3-5-17(19)12-16/h3-9,12-13,18H,10-11,20H2,1-2H3. The van der Waals surface area contributed by atoms with Gasteiger partial charge in [-0.3, -0.25) is 0 Å². The predicted molar refractivity (Wildman–Crippen MR) is 87.5 cm³/mol. The highest BCUT2D eigenvalue weighted by atomic mass is 35.5. The molecule has 0 spiro atoms. The first-order valence-corrected chi connectivity index (χ1v) is 7.55. The minimum absolute atomic E-state index is 0.319. The molecule has 0 fully saturated rings. The fourth-order valence-electron chi connectivity index (χ4n) is 2.53. The van der Waals surface area contributed by atoms with Crippen LogP contribution in [0.25, 0.3) is 0 Å². The molecule has 0 bridgehead atoms. The molecule has 2 N–H and O–H groups in total. The molecule has 0 saturated heterocycles. The zero-order valence-corrected chi connectivity index (χ0v) is 12.9. The molecule has 2 heteroatoms. The molecule has 0 radical (unpaired) electrons. The van der Waals surface area contributed by atoms with Crippen molar-refractivity contribution in [2.45, 2.75) is 32.1 Å². The molecule has 0 heterocycles. The number of hydrogen-bond donors (Lipinski definition) is 1. The summed E-state index contributed by atoms with van der Waals surface area (Å²) in [6.07, 6.45) is 0.932. The van der Waals surface area contributed by atoms with Crippen LogP contribution in [0.3, 0.4) is 0 Å². The Hall–Kier alpha value is -1.31. The molecule has 0 amide bonds. The van der Waals surface area contributed by atoms with E-state index in [0.29, 0.717) is 18.4 Å². The second kappa shape index (κ2) is 6.92. The first-order valence-electron chi connectivity index (χ1n) is 7.17. The Balaban J connectivity index is 2.33. The van der Waals surface area contributed by atoms with Crippen molar-refractivity contribution in [2.24, 2.45) is 5.73 Å². The van der Waals surface area contributed by atoms with Gasteiger partial charge in [0.1, 0.15) is 0 Å². The summed E-state index contributed by atoms with van der Waals surface area (Å²) in [4.78, 5) is 0. The second-order valence-corrected chi connectivity index (χ2v) is 5.94. The smallest absolute Gasteiger partial charge is 0.0408 e. The number of halogens is 1. The van der Waals surface area contributed by atoms with Crippen molar-refractivity contribution in [3.05, 3.63) is 70.2 Å². The Bertz CT molecular complexity index is 546. The lowest BCUT2D eigenvalue weighted by Gasteiger charge is -2.18. The van der Waals surface area contributed by atoms with Crippen molar-refractivity contribution >= 4 is 11.6 Å². The van der Waals surface area contributed by atoms with E-state index in [-0.39, 0.29) is 0 Å². The molecule has 0 aliphatic heterocycles. The van der Waals surface area contributed by atoms with Crippen LogP contribution in [0.1, 0.15) is 48.8 Å². The Labute approximate surface area is 126 Å². The summed E-state index contributed by atoms with van der Waals surface area (Å²) in [7, 11) is 0. The molecule has 0 aromatic heterocycles. The molecule has 1 nitrogen and oxygen atoms in total. The molecule has 0 aliphatic carbocycles. The fraction of sp³-hybridized carbons (Fsp3) is 0.333. The van der Waals surface area contributed by atoms with E-state index >= 15 is 0 Å². The van der Waals surface area contributed by atoms with Crippen LogP contribution in [0.4, 0.5) is 0 Å². The SMILES string of the molecule is CC(C)c1ccc(C(CCN)c2cccc(Cl)c2)cc1. The predicted octanol–water partition coefficient (Wildman–Crippen LogP) is 4.94. The maximum atomic E-state index is 6.11. The van der Waals surface area contributed by atoms with Crippen LogP contribution >= 0.6 is 11.6 Å². The molecule has 0 saturated carbocycles. The number of nitrogens with two attached hydrogens (primary N) is 1. The van der Waals surface area contributed by atoms with Crippen molar-refractivity contribution in [3.63, 3.8) is 0 Å². The summed E-state index contributed by atoms with van der Waals surface area (Å²) in [5.41, 5.74) is 9.70. The summed E-state index contributed by atoms with van der Waals surface area (Å²) >= 11 is 6.11. The molecule has 20 heavy (non-hydrogen) atoms. The van der Waals surface area contributed by atoms with Gasteiger partial charge in [-0.1, -0.05) is 61.8 Å². The van der Waals surface area contributed by atoms with E-state index in [1.54, 1.807) is 0 Å². The lowest BCUT2D eigenvalue weighted by Crippen LogP contribution is -2.09. The van der Waals surface area contributed by atoms with E-state index in [2.05, 4.69) is 44.2 Å². The number of rotatable bonds is 5. The van der Waals surface area contributed by atoms with E-state index in [4.69, 9.17) is 17.3 Å². The van der Waals surface area contributed by atoms with Crippen molar-refractivity contribution in [1.29, 1.82) is 0 Å². The third-order valence-electron chi connectivity index (χ3n) is 3.71. The monoisotopic (exact) mass is 287 g/mol. The zero-order valence-electron chi connectivity index (χ0n) is 12.1. The third-order valence-corrected chi connectivity index (χ3v) is 3.95. The average Bonchev–Trinajstić information content (AvgIpc) is 2.45. The van der Waals surface area contributed by atoms with Gasteiger partial charge in [0, 0.05) is 10.9 Å². The van der Waals surface area contributed by atoms with Gasteiger partial charge in [0.25, 0.3) is 0 Å². The zero-order chi connectivity index (χ0) is 14.5. The Morgan fingerprint density at radius 2 is 1.60 bits per heavy atom. The summed E-state index contributed by atoms with van der Waals surface area (Å²) < 4.78 is 0. The maximum absolute atomic E-state index is 6.11. The van der Waals surface area contributed by atoms with E-state index in [1.807, 2.05) is 18.2 Å². The molecule has 2 rings (SSSR count). The van der Waals surface area contributed by atoms with E-state index in [1.165, 1.54) is 16.7 Å². The van der Waals surface area contributed by atoms with Gasteiger partial charge in [0.15, 0.2) is 0 Å². The molecular formula is C18H22ClN. The topological polar surface area (TPSA) is 26.0 Å². The normalized spacial score (nSPS) is 12.7. The van der Waals surface area contributed by atoms with E-state index in [9.17, 15) is 0 Å². The van der Waals surface area contributed by atoms with E-state index in [0.717, 1.165) is 11.4 Å². The van der Waals surface area contributed by atoms with Crippen LogP contribution in [-0.2, 0) is 0 Å². The van der Waals surface area contributed by atoms with Crippen LogP contribution in [-0.4, -0.2) is 6.54 Å². The fourth-order valence-corrected chi connectivity index (χ4v) is 2.73. The third kappa shape index (κ3) is 3.62. The molecule has 1 atom stereocenters. The van der Waals surface area contributed by atoms with Crippen molar-refractivity contribution in [1.82, 2.24) is 0 Å². The maximum Gasteiger partial charge on any atom is 0.0408 e. The van der Waals surface area contributed by atoms with Gasteiger partial charge in [-0.15, -0.1) is 0 Å². The van der Waals surface area contributed by atoms with Gasteiger partial charge < -0.3 is 5.73 Å². The lowest BCUT2D eigenvalue weighted by atomic mass is 9.87. The molecular weight excluding hydrogens is 266 g/mol. The van der Waals surface area contributed by atoms with Gasteiger partial charge >= 0.3 is 0 Å². The van der Waals surface area contributed by atoms with Crippen LogP contribution in [0.5, 0.6) is 0 Å². The summed E-state index contributed by atoms with van der Waals surface area (Å²) in [6, 6.07) is 17.0. The Morgan fingerprint density at radius 1 is 0.950 bits per heavy atom. The van der Waals surface area contributed by atoms with Gasteiger partial charge in [0.2, 0.25) is 0 Å². The van der Waals surface area contributed by atoms with Gasteiger partial charge in [0.05, 0.1) is 0 Å². The Morgan fingerprint density at radius 3 is 2.15 bits per heavy atom. The number of hydrogen-bond acceptors (Lipinski definition) is 1. The molecule has 0 aliphatic rings. The van der Waals surface area contributed by atoms with Crippen molar-refractivity contribution in [3.8, 4) is 0 Å².